The molecule has 2 unspecified atom stereocenters. The Morgan fingerprint density at radius 3 is 2.71 bits per heavy atom. The molecular weight excluding hydrogens is 241 g/mol. The molecule has 0 spiro atoms. The van der Waals surface area contributed by atoms with Crippen molar-refractivity contribution in [1.29, 1.82) is 0 Å². The quantitative estimate of drug-likeness (QED) is 0.823. The maximum atomic E-state index is 14.7. The Kier molecular flexibility index (Phi) is 2.89. The molecule has 2 atom stereocenters. The van der Waals surface area contributed by atoms with Crippen LogP contribution >= 0.6 is 0 Å². The highest BCUT2D eigenvalue weighted by Gasteiger charge is 2.43. The molecule has 1 aliphatic heterocycles. The summed E-state index contributed by atoms with van der Waals surface area (Å²) >= 11 is 0. The van der Waals surface area contributed by atoms with Crippen LogP contribution in [0.15, 0.2) is 24.3 Å². The fourth-order valence-electron chi connectivity index (χ4n) is 2.30. The minimum atomic E-state index is -3.07. The molecule has 0 aliphatic carbocycles. The Labute approximate surface area is 101 Å². The van der Waals surface area contributed by atoms with E-state index in [4.69, 9.17) is 5.73 Å². The van der Waals surface area contributed by atoms with Gasteiger partial charge in [-0.25, -0.2) is 12.8 Å². The number of nitrogens with two attached hydrogens (primary N) is 1. The van der Waals surface area contributed by atoms with Crippen LogP contribution in [0, 0.1) is 5.92 Å². The van der Waals surface area contributed by atoms with E-state index in [2.05, 4.69) is 0 Å². The van der Waals surface area contributed by atoms with Crippen molar-refractivity contribution in [3.63, 3.8) is 0 Å². The zero-order valence-corrected chi connectivity index (χ0v) is 10.5. The van der Waals surface area contributed by atoms with Gasteiger partial charge in [-0.05, 0) is 31.0 Å². The van der Waals surface area contributed by atoms with Crippen LogP contribution in [-0.2, 0) is 15.5 Å². The van der Waals surface area contributed by atoms with E-state index in [1.54, 1.807) is 24.3 Å². The van der Waals surface area contributed by atoms with E-state index < -0.39 is 21.4 Å². The first-order valence-corrected chi connectivity index (χ1v) is 7.39. The lowest BCUT2D eigenvalue weighted by Crippen LogP contribution is -2.28. The molecular formula is C12H16FNO2S. The second kappa shape index (κ2) is 3.98. The third kappa shape index (κ3) is 2.44. The molecule has 0 amide bonds. The molecule has 17 heavy (non-hydrogen) atoms. The SMILES string of the molecule is CC(F)(c1cccc(N)c1)C1CCS(=O)(=O)C1. The van der Waals surface area contributed by atoms with Gasteiger partial charge in [0.25, 0.3) is 0 Å². The van der Waals surface area contributed by atoms with Gasteiger partial charge in [-0.15, -0.1) is 0 Å². The van der Waals surface area contributed by atoms with Gasteiger partial charge in [0.1, 0.15) is 5.67 Å². The van der Waals surface area contributed by atoms with E-state index in [0.29, 0.717) is 17.7 Å². The second-order valence-electron chi connectivity index (χ2n) is 4.80. The lowest BCUT2D eigenvalue weighted by atomic mass is 9.84. The van der Waals surface area contributed by atoms with Gasteiger partial charge in [0, 0.05) is 11.6 Å². The molecule has 2 N–H and O–H groups in total. The van der Waals surface area contributed by atoms with Crippen LogP contribution in [-0.4, -0.2) is 19.9 Å². The molecule has 0 bridgehead atoms. The largest absolute Gasteiger partial charge is 0.399 e. The van der Waals surface area contributed by atoms with Gasteiger partial charge in [0.15, 0.2) is 9.84 Å². The van der Waals surface area contributed by atoms with Crippen LogP contribution in [0.1, 0.15) is 18.9 Å². The van der Waals surface area contributed by atoms with Crippen molar-refractivity contribution < 1.29 is 12.8 Å². The number of nitrogen functional groups attached to an aromatic ring is 1. The maximum Gasteiger partial charge on any atom is 0.150 e. The van der Waals surface area contributed by atoms with Gasteiger partial charge in [0.2, 0.25) is 0 Å². The van der Waals surface area contributed by atoms with Crippen molar-refractivity contribution in [1.82, 2.24) is 0 Å². The third-order valence-corrected chi connectivity index (χ3v) is 5.22. The first-order chi connectivity index (χ1) is 7.81. The van der Waals surface area contributed by atoms with Crippen molar-refractivity contribution in [3.05, 3.63) is 29.8 Å². The molecule has 0 aromatic heterocycles. The Morgan fingerprint density at radius 2 is 2.18 bits per heavy atom. The Bertz CT molecular complexity index is 525. The maximum absolute atomic E-state index is 14.7. The highest BCUT2D eigenvalue weighted by molar-refractivity contribution is 7.91. The highest BCUT2D eigenvalue weighted by atomic mass is 32.2. The van der Waals surface area contributed by atoms with Gasteiger partial charge in [-0.2, -0.15) is 0 Å². The topological polar surface area (TPSA) is 60.2 Å². The predicted octanol–water partition coefficient (Wildman–Crippen LogP) is 1.89. The minimum absolute atomic E-state index is 0.0746. The van der Waals surface area contributed by atoms with Crippen molar-refractivity contribution in [3.8, 4) is 0 Å². The van der Waals surface area contributed by atoms with Crippen molar-refractivity contribution in [2.75, 3.05) is 17.2 Å². The van der Waals surface area contributed by atoms with Crippen LogP contribution in [0.4, 0.5) is 10.1 Å². The zero-order valence-electron chi connectivity index (χ0n) is 9.69. The summed E-state index contributed by atoms with van der Waals surface area (Å²) in [5.74, 6) is -0.469. The average Bonchev–Trinajstić information content (AvgIpc) is 2.59. The summed E-state index contributed by atoms with van der Waals surface area (Å²) in [6.45, 7) is 1.44. The highest BCUT2D eigenvalue weighted by Crippen LogP contribution is 2.40. The molecule has 3 nitrogen and oxygen atoms in total. The first kappa shape index (κ1) is 12.4. The molecule has 0 radical (unpaired) electrons. The molecule has 5 heteroatoms. The molecule has 1 aromatic rings. The number of halogens is 1. The second-order valence-corrected chi connectivity index (χ2v) is 7.03. The number of benzene rings is 1. The molecule has 0 saturated carbocycles. The summed E-state index contributed by atoms with van der Waals surface area (Å²) in [6, 6.07) is 6.60. The van der Waals surface area contributed by atoms with E-state index in [0.717, 1.165) is 0 Å². The third-order valence-electron chi connectivity index (χ3n) is 3.45. The number of hydrogen-bond donors (Lipinski definition) is 1. The number of hydrogen-bond acceptors (Lipinski definition) is 3. The fourth-order valence-corrected chi connectivity index (χ4v) is 4.20. The van der Waals surface area contributed by atoms with Crippen molar-refractivity contribution in [2.45, 2.75) is 19.0 Å². The molecule has 1 fully saturated rings. The van der Waals surface area contributed by atoms with Crippen LogP contribution in [0.25, 0.3) is 0 Å². The Morgan fingerprint density at radius 1 is 1.47 bits per heavy atom. The number of anilines is 1. The summed E-state index contributed by atoms with van der Waals surface area (Å²) in [5.41, 5.74) is 4.93. The predicted molar refractivity (Wildman–Crippen MR) is 66.1 cm³/mol. The summed E-state index contributed by atoms with van der Waals surface area (Å²) in [6.07, 6.45) is 0.379. The molecule has 1 aliphatic rings. The first-order valence-electron chi connectivity index (χ1n) is 5.56. The zero-order chi connectivity index (χ0) is 12.7. The number of sulfone groups is 1. The monoisotopic (exact) mass is 257 g/mol. The standard InChI is InChI=1S/C12H16FNO2S/c1-12(13,9-3-2-4-11(14)7-9)10-5-6-17(15,16)8-10/h2-4,7,10H,5-6,8,14H2,1H3. The van der Waals surface area contributed by atoms with Gasteiger partial charge < -0.3 is 5.73 Å². The summed E-state index contributed by atoms with van der Waals surface area (Å²) in [4.78, 5) is 0. The fraction of sp³-hybridized carbons (Fsp3) is 0.500. The van der Waals surface area contributed by atoms with Crippen LogP contribution in [0.5, 0.6) is 0 Å². The summed E-state index contributed by atoms with van der Waals surface area (Å²) in [5, 5.41) is 0. The molecule has 94 valence electrons. The average molecular weight is 257 g/mol. The van der Waals surface area contributed by atoms with E-state index in [1.807, 2.05) is 0 Å². The van der Waals surface area contributed by atoms with Crippen molar-refractivity contribution >= 4 is 15.5 Å². The normalized spacial score (nSPS) is 26.6. The number of rotatable bonds is 2. The number of alkyl halides is 1. The van der Waals surface area contributed by atoms with Crippen molar-refractivity contribution in [2.24, 2.45) is 5.92 Å². The minimum Gasteiger partial charge on any atom is -0.399 e. The van der Waals surface area contributed by atoms with Crippen LogP contribution in [0.3, 0.4) is 0 Å². The summed E-state index contributed by atoms with van der Waals surface area (Å²) < 4.78 is 37.5. The van der Waals surface area contributed by atoms with E-state index in [1.165, 1.54) is 6.92 Å². The van der Waals surface area contributed by atoms with Gasteiger partial charge in [-0.1, -0.05) is 12.1 Å². The molecule has 1 heterocycles. The van der Waals surface area contributed by atoms with E-state index in [9.17, 15) is 12.8 Å². The lowest BCUT2D eigenvalue weighted by Gasteiger charge is -2.27. The molecule has 1 saturated heterocycles. The summed E-state index contributed by atoms with van der Waals surface area (Å²) in [7, 11) is -3.07. The Hall–Kier alpha value is -1.10. The van der Waals surface area contributed by atoms with Crippen LogP contribution < -0.4 is 5.73 Å². The lowest BCUT2D eigenvalue weighted by molar-refractivity contribution is 0.116. The van der Waals surface area contributed by atoms with E-state index in [-0.39, 0.29) is 11.5 Å². The van der Waals surface area contributed by atoms with Gasteiger partial charge in [0.05, 0.1) is 11.5 Å². The van der Waals surface area contributed by atoms with Gasteiger partial charge in [-0.3, -0.25) is 0 Å². The smallest absolute Gasteiger partial charge is 0.150 e. The van der Waals surface area contributed by atoms with Gasteiger partial charge >= 0.3 is 0 Å². The van der Waals surface area contributed by atoms with Crippen LogP contribution in [0.2, 0.25) is 0 Å². The Balaban J connectivity index is 2.31. The van der Waals surface area contributed by atoms with E-state index >= 15 is 0 Å². The molecule has 2 rings (SSSR count). The molecule has 1 aromatic carbocycles.